The van der Waals surface area contributed by atoms with Crippen molar-refractivity contribution < 1.29 is 4.74 Å². The molecule has 0 radical (unpaired) electrons. The first-order chi connectivity index (χ1) is 10.1. The topological polar surface area (TPSA) is 47.0 Å². The lowest BCUT2D eigenvalue weighted by molar-refractivity contribution is 0.456. The summed E-state index contributed by atoms with van der Waals surface area (Å²) in [6, 6.07) is 7.80. The number of nitrogens with one attached hydrogen (secondary N) is 1. The predicted octanol–water partition coefficient (Wildman–Crippen LogP) is 4.72. The summed E-state index contributed by atoms with van der Waals surface area (Å²) >= 11 is 3.52. The van der Waals surface area contributed by atoms with Crippen LogP contribution in [-0.2, 0) is 6.42 Å². The Balaban J connectivity index is 2.29. The molecule has 0 aliphatic rings. The normalized spacial score (nSPS) is 10.5. The summed E-state index contributed by atoms with van der Waals surface area (Å²) in [5, 5.41) is 3.21. The molecule has 1 N–H and O–H groups in total. The Kier molecular flexibility index (Phi) is 5.56. The fourth-order valence-electron chi connectivity index (χ4n) is 1.93. The summed E-state index contributed by atoms with van der Waals surface area (Å²) in [6.45, 7) is 7.01. The minimum absolute atomic E-state index is 0.564. The molecule has 0 fully saturated rings. The fourth-order valence-corrected chi connectivity index (χ4v) is 2.51. The van der Waals surface area contributed by atoms with E-state index < -0.39 is 0 Å². The zero-order chi connectivity index (χ0) is 15.2. The number of benzene rings is 1. The van der Waals surface area contributed by atoms with E-state index in [-0.39, 0.29) is 0 Å². The first kappa shape index (κ1) is 15.8. The maximum Gasteiger partial charge on any atom is 0.224 e. The minimum Gasteiger partial charge on any atom is -0.438 e. The molecule has 0 unspecified atom stereocenters. The van der Waals surface area contributed by atoms with E-state index in [9.17, 15) is 0 Å². The monoisotopic (exact) mass is 349 g/mol. The summed E-state index contributed by atoms with van der Waals surface area (Å²) in [5.41, 5.74) is 1.18. The highest BCUT2D eigenvalue weighted by molar-refractivity contribution is 9.10. The van der Waals surface area contributed by atoms with Gasteiger partial charge in [-0.2, -0.15) is 4.98 Å². The van der Waals surface area contributed by atoms with Crippen LogP contribution in [0.5, 0.6) is 11.6 Å². The molecule has 112 valence electrons. The van der Waals surface area contributed by atoms with Crippen LogP contribution in [0.2, 0.25) is 0 Å². The first-order valence-corrected chi connectivity index (χ1v) is 7.97. The SMILES string of the molecule is CCCc1nc(NCC)cc(Oc2ccc(C)cc2Br)n1. The van der Waals surface area contributed by atoms with Crippen molar-refractivity contribution in [2.24, 2.45) is 0 Å². The summed E-state index contributed by atoms with van der Waals surface area (Å²) < 4.78 is 6.82. The number of aromatic nitrogens is 2. The van der Waals surface area contributed by atoms with Crippen molar-refractivity contribution in [3.63, 3.8) is 0 Å². The highest BCUT2D eigenvalue weighted by atomic mass is 79.9. The number of aryl methyl sites for hydroxylation is 2. The Morgan fingerprint density at radius 1 is 1.19 bits per heavy atom. The Morgan fingerprint density at radius 3 is 2.67 bits per heavy atom. The predicted molar refractivity (Wildman–Crippen MR) is 89.1 cm³/mol. The number of halogens is 1. The molecular weight excluding hydrogens is 330 g/mol. The highest BCUT2D eigenvalue weighted by Crippen LogP contribution is 2.30. The van der Waals surface area contributed by atoms with Crippen LogP contribution in [0.4, 0.5) is 5.82 Å². The van der Waals surface area contributed by atoms with Crippen molar-refractivity contribution >= 4 is 21.7 Å². The van der Waals surface area contributed by atoms with Gasteiger partial charge in [0.05, 0.1) is 4.47 Å². The number of hydrogen-bond acceptors (Lipinski definition) is 4. The van der Waals surface area contributed by atoms with Crippen molar-refractivity contribution in [2.45, 2.75) is 33.6 Å². The third-order valence-electron chi connectivity index (χ3n) is 2.88. The van der Waals surface area contributed by atoms with E-state index in [1.54, 1.807) is 0 Å². The Hall–Kier alpha value is -1.62. The molecule has 0 aliphatic heterocycles. The molecule has 0 saturated heterocycles. The molecule has 0 atom stereocenters. The lowest BCUT2D eigenvalue weighted by atomic mass is 10.2. The number of anilines is 1. The molecule has 0 saturated carbocycles. The van der Waals surface area contributed by atoms with Gasteiger partial charge in [-0.05, 0) is 53.9 Å². The second-order valence-electron chi connectivity index (χ2n) is 4.82. The van der Waals surface area contributed by atoms with Crippen LogP contribution < -0.4 is 10.1 Å². The first-order valence-electron chi connectivity index (χ1n) is 7.18. The van der Waals surface area contributed by atoms with Crippen molar-refractivity contribution in [3.05, 3.63) is 40.1 Å². The molecule has 0 bridgehead atoms. The average molecular weight is 350 g/mol. The van der Waals surface area contributed by atoms with Crippen molar-refractivity contribution in [1.82, 2.24) is 9.97 Å². The third-order valence-corrected chi connectivity index (χ3v) is 3.50. The maximum atomic E-state index is 5.90. The number of rotatable bonds is 6. The maximum absolute atomic E-state index is 5.90. The molecule has 1 heterocycles. The van der Waals surface area contributed by atoms with Gasteiger partial charge in [0, 0.05) is 19.0 Å². The molecule has 2 rings (SSSR count). The molecule has 2 aromatic rings. The molecule has 4 nitrogen and oxygen atoms in total. The second-order valence-corrected chi connectivity index (χ2v) is 5.68. The standard InChI is InChI=1S/C16H20BrN3O/c1-4-6-14-19-15(18-5-2)10-16(20-14)21-13-8-7-11(3)9-12(13)17/h7-10H,4-6H2,1-3H3,(H,18,19,20). The van der Waals surface area contributed by atoms with Crippen LogP contribution in [0.1, 0.15) is 31.7 Å². The summed E-state index contributed by atoms with van der Waals surface area (Å²) in [4.78, 5) is 8.95. The zero-order valence-corrected chi connectivity index (χ0v) is 14.2. The van der Waals surface area contributed by atoms with E-state index in [4.69, 9.17) is 4.74 Å². The molecule has 0 amide bonds. The van der Waals surface area contributed by atoms with Gasteiger partial charge >= 0.3 is 0 Å². The van der Waals surface area contributed by atoms with Gasteiger partial charge in [-0.15, -0.1) is 0 Å². The van der Waals surface area contributed by atoms with Gasteiger partial charge in [-0.1, -0.05) is 13.0 Å². The van der Waals surface area contributed by atoms with Gasteiger partial charge in [0.1, 0.15) is 17.4 Å². The van der Waals surface area contributed by atoms with Crippen LogP contribution in [0.15, 0.2) is 28.7 Å². The largest absolute Gasteiger partial charge is 0.438 e. The molecule has 0 aliphatic carbocycles. The molecule has 1 aromatic heterocycles. The van der Waals surface area contributed by atoms with E-state index in [1.807, 2.05) is 38.1 Å². The van der Waals surface area contributed by atoms with Crippen molar-refractivity contribution in [3.8, 4) is 11.6 Å². The summed E-state index contributed by atoms with van der Waals surface area (Å²) in [7, 11) is 0. The summed E-state index contributed by atoms with van der Waals surface area (Å²) in [5.74, 6) is 2.92. The number of nitrogens with zero attached hydrogens (tertiary/aromatic N) is 2. The van der Waals surface area contributed by atoms with E-state index in [2.05, 4.69) is 38.1 Å². The Labute approximate surface area is 134 Å². The summed E-state index contributed by atoms with van der Waals surface area (Å²) in [6.07, 6.45) is 1.84. The molecular formula is C16H20BrN3O. The lowest BCUT2D eigenvalue weighted by Crippen LogP contribution is -2.04. The van der Waals surface area contributed by atoms with E-state index >= 15 is 0 Å². The van der Waals surface area contributed by atoms with Crippen molar-refractivity contribution in [2.75, 3.05) is 11.9 Å². The van der Waals surface area contributed by atoms with Gasteiger partial charge < -0.3 is 10.1 Å². The van der Waals surface area contributed by atoms with Crippen molar-refractivity contribution in [1.29, 1.82) is 0 Å². The van der Waals surface area contributed by atoms with Gasteiger partial charge in [0.15, 0.2) is 0 Å². The van der Waals surface area contributed by atoms with Gasteiger partial charge in [0.25, 0.3) is 0 Å². The fraction of sp³-hybridized carbons (Fsp3) is 0.375. The molecule has 1 aromatic carbocycles. The average Bonchev–Trinajstić information content (AvgIpc) is 2.42. The number of ether oxygens (including phenoxy) is 1. The molecule has 21 heavy (non-hydrogen) atoms. The van der Waals surface area contributed by atoms with Gasteiger partial charge in [0.2, 0.25) is 5.88 Å². The highest BCUT2D eigenvalue weighted by Gasteiger charge is 2.08. The number of hydrogen-bond donors (Lipinski definition) is 1. The van der Waals surface area contributed by atoms with Crippen LogP contribution in [0, 0.1) is 6.92 Å². The third kappa shape index (κ3) is 4.43. The quantitative estimate of drug-likeness (QED) is 0.819. The lowest BCUT2D eigenvalue weighted by Gasteiger charge is -2.11. The smallest absolute Gasteiger partial charge is 0.224 e. The van der Waals surface area contributed by atoms with Gasteiger partial charge in [-0.3, -0.25) is 0 Å². The van der Waals surface area contributed by atoms with Crippen LogP contribution in [0.25, 0.3) is 0 Å². The molecule has 5 heteroatoms. The van der Waals surface area contributed by atoms with E-state index in [0.717, 1.165) is 41.3 Å². The van der Waals surface area contributed by atoms with E-state index in [0.29, 0.717) is 5.88 Å². The zero-order valence-electron chi connectivity index (χ0n) is 12.6. The second kappa shape index (κ2) is 7.41. The Morgan fingerprint density at radius 2 is 2.00 bits per heavy atom. The minimum atomic E-state index is 0.564. The van der Waals surface area contributed by atoms with Crippen LogP contribution in [0.3, 0.4) is 0 Å². The molecule has 0 spiro atoms. The van der Waals surface area contributed by atoms with Gasteiger partial charge in [-0.25, -0.2) is 4.98 Å². The Bertz CT molecular complexity index is 592. The van der Waals surface area contributed by atoms with Crippen LogP contribution in [-0.4, -0.2) is 16.5 Å². The van der Waals surface area contributed by atoms with Crippen LogP contribution >= 0.6 is 15.9 Å². The van der Waals surface area contributed by atoms with E-state index in [1.165, 1.54) is 5.56 Å².